The van der Waals surface area contributed by atoms with Gasteiger partial charge in [-0.25, -0.2) is 4.68 Å². The summed E-state index contributed by atoms with van der Waals surface area (Å²) in [6.07, 6.45) is 5.36. The third kappa shape index (κ3) is 3.70. The molecule has 0 radical (unpaired) electrons. The molecule has 0 saturated heterocycles. The third-order valence-corrected chi connectivity index (χ3v) is 4.50. The van der Waals surface area contributed by atoms with Gasteiger partial charge in [0.2, 0.25) is 0 Å². The second kappa shape index (κ2) is 8.01. The van der Waals surface area contributed by atoms with Gasteiger partial charge in [-0.1, -0.05) is 24.3 Å². The van der Waals surface area contributed by atoms with Gasteiger partial charge in [0.05, 0.1) is 7.11 Å². The van der Waals surface area contributed by atoms with Crippen LogP contribution in [0.25, 0.3) is 0 Å². The van der Waals surface area contributed by atoms with Crippen LogP contribution in [0.1, 0.15) is 22.5 Å². The summed E-state index contributed by atoms with van der Waals surface area (Å²) < 4.78 is 9.51. The molecule has 0 spiro atoms. The molecule has 2 aromatic heterocycles. The van der Waals surface area contributed by atoms with Gasteiger partial charge in [-0.15, -0.1) is 16.8 Å². The molecule has 1 aromatic carbocycles. The SMILES string of the molecule is C=CCN(Cc1ccccc1OC)Cc1cc(C)n(-n2cnnc2)c1C. The zero-order valence-corrected chi connectivity index (χ0v) is 15.6. The van der Waals surface area contributed by atoms with Crippen LogP contribution in [0, 0.1) is 13.8 Å². The highest BCUT2D eigenvalue weighted by Crippen LogP contribution is 2.22. The van der Waals surface area contributed by atoms with E-state index in [1.807, 2.05) is 29.0 Å². The van der Waals surface area contributed by atoms with E-state index < -0.39 is 0 Å². The maximum absolute atomic E-state index is 5.50. The van der Waals surface area contributed by atoms with Gasteiger partial charge in [0.1, 0.15) is 18.4 Å². The molecule has 0 aliphatic carbocycles. The van der Waals surface area contributed by atoms with Gasteiger partial charge in [-0.05, 0) is 31.5 Å². The highest BCUT2D eigenvalue weighted by Gasteiger charge is 2.15. The zero-order chi connectivity index (χ0) is 18.5. The molecule has 3 aromatic rings. The number of hydrogen-bond donors (Lipinski definition) is 0. The first kappa shape index (κ1) is 17.9. The molecule has 6 nitrogen and oxygen atoms in total. The molecule has 0 bridgehead atoms. The van der Waals surface area contributed by atoms with Crippen LogP contribution in [0.3, 0.4) is 0 Å². The largest absolute Gasteiger partial charge is 0.496 e. The van der Waals surface area contributed by atoms with Gasteiger partial charge in [-0.3, -0.25) is 9.58 Å². The molecule has 2 heterocycles. The van der Waals surface area contributed by atoms with Crippen LogP contribution in [0.2, 0.25) is 0 Å². The van der Waals surface area contributed by atoms with Gasteiger partial charge in [0.25, 0.3) is 0 Å². The van der Waals surface area contributed by atoms with Crippen molar-refractivity contribution in [2.24, 2.45) is 0 Å². The summed E-state index contributed by atoms with van der Waals surface area (Å²) >= 11 is 0. The fraction of sp³-hybridized carbons (Fsp3) is 0.300. The molecule has 0 saturated carbocycles. The van der Waals surface area contributed by atoms with Gasteiger partial charge in [0.15, 0.2) is 0 Å². The Hall–Kier alpha value is -2.86. The molecular formula is C20H25N5O. The molecular weight excluding hydrogens is 326 g/mol. The number of aromatic nitrogens is 4. The number of ether oxygens (including phenoxy) is 1. The van der Waals surface area contributed by atoms with Crippen molar-refractivity contribution in [2.45, 2.75) is 26.9 Å². The zero-order valence-electron chi connectivity index (χ0n) is 15.6. The molecule has 6 heteroatoms. The van der Waals surface area contributed by atoms with Crippen LogP contribution in [0.15, 0.2) is 55.6 Å². The molecule has 136 valence electrons. The van der Waals surface area contributed by atoms with E-state index in [1.54, 1.807) is 19.8 Å². The summed E-state index contributed by atoms with van der Waals surface area (Å²) in [7, 11) is 1.71. The van der Waals surface area contributed by atoms with Crippen LogP contribution < -0.4 is 4.74 Å². The van der Waals surface area contributed by atoms with Crippen molar-refractivity contribution < 1.29 is 4.74 Å². The summed E-state index contributed by atoms with van der Waals surface area (Å²) in [6, 6.07) is 10.4. The van der Waals surface area contributed by atoms with Crippen LogP contribution in [-0.4, -0.2) is 38.1 Å². The molecule has 0 aliphatic heterocycles. The maximum Gasteiger partial charge on any atom is 0.139 e. The Morgan fingerprint density at radius 2 is 1.81 bits per heavy atom. The number of methoxy groups -OCH3 is 1. The minimum absolute atomic E-state index is 0.798. The van der Waals surface area contributed by atoms with Crippen LogP contribution in [0.4, 0.5) is 0 Å². The van der Waals surface area contributed by atoms with E-state index in [0.29, 0.717) is 0 Å². The Bertz CT molecular complexity index is 866. The lowest BCUT2D eigenvalue weighted by Gasteiger charge is -2.22. The number of aryl methyl sites for hydroxylation is 1. The lowest BCUT2D eigenvalue weighted by Crippen LogP contribution is -2.23. The second-order valence-corrected chi connectivity index (χ2v) is 6.32. The lowest BCUT2D eigenvalue weighted by molar-refractivity contribution is 0.279. The third-order valence-electron chi connectivity index (χ3n) is 4.50. The van der Waals surface area contributed by atoms with Crippen molar-refractivity contribution in [3.63, 3.8) is 0 Å². The lowest BCUT2D eigenvalue weighted by atomic mass is 10.1. The number of rotatable bonds is 8. The van der Waals surface area contributed by atoms with Crippen LogP contribution >= 0.6 is 0 Å². The van der Waals surface area contributed by atoms with Gasteiger partial charge in [-0.2, -0.15) is 0 Å². The average molecular weight is 351 g/mol. The quantitative estimate of drug-likeness (QED) is 0.585. The monoisotopic (exact) mass is 351 g/mol. The average Bonchev–Trinajstić information content (AvgIpc) is 3.24. The van der Waals surface area contributed by atoms with Crippen molar-refractivity contribution in [1.82, 2.24) is 24.4 Å². The van der Waals surface area contributed by atoms with Crippen molar-refractivity contribution in [2.75, 3.05) is 13.7 Å². The van der Waals surface area contributed by atoms with E-state index in [-0.39, 0.29) is 0 Å². The summed E-state index contributed by atoms with van der Waals surface area (Å²) in [5, 5.41) is 7.82. The van der Waals surface area contributed by atoms with Gasteiger partial charge < -0.3 is 4.74 Å². The van der Waals surface area contributed by atoms with E-state index in [4.69, 9.17) is 4.74 Å². The summed E-state index contributed by atoms with van der Waals surface area (Å²) in [4.78, 5) is 2.35. The smallest absolute Gasteiger partial charge is 0.139 e. The number of benzene rings is 1. The fourth-order valence-electron chi connectivity index (χ4n) is 3.32. The Kier molecular flexibility index (Phi) is 5.53. The number of hydrogen-bond acceptors (Lipinski definition) is 4. The van der Waals surface area contributed by atoms with E-state index in [2.05, 4.69) is 52.3 Å². The molecule has 0 aliphatic rings. The van der Waals surface area contributed by atoms with Crippen molar-refractivity contribution in [3.8, 4) is 5.75 Å². The summed E-state index contributed by atoms with van der Waals surface area (Å²) in [6.45, 7) is 10.6. The predicted octanol–water partition coefficient (Wildman–Crippen LogP) is 3.20. The second-order valence-electron chi connectivity index (χ2n) is 6.32. The molecule has 0 amide bonds. The van der Waals surface area contributed by atoms with E-state index in [1.165, 1.54) is 16.8 Å². The van der Waals surface area contributed by atoms with E-state index in [0.717, 1.165) is 31.1 Å². The molecule has 0 N–H and O–H groups in total. The van der Waals surface area contributed by atoms with Gasteiger partial charge in [0, 0.05) is 36.6 Å². The van der Waals surface area contributed by atoms with Crippen molar-refractivity contribution >= 4 is 0 Å². The highest BCUT2D eigenvalue weighted by atomic mass is 16.5. The van der Waals surface area contributed by atoms with Crippen LogP contribution in [0.5, 0.6) is 5.75 Å². The van der Waals surface area contributed by atoms with Crippen molar-refractivity contribution in [1.29, 1.82) is 0 Å². The topological polar surface area (TPSA) is 48.1 Å². The number of nitrogens with zero attached hydrogens (tertiary/aromatic N) is 5. The number of para-hydroxylation sites is 1. The van der Waals surface area contributed by atoms with Crippen LogP contribution in [-0.2, 0) is 13.1 Å². The van der Waals surface area contributed by atoms with Gasteiger partial charge >= 0.3 is 0 Å². The normalized spacial score (nSPS) is 11.1. The molecule has 3 rings (SSSR count). The summed E-state index contributed by atoms with van der Waals surface area (Å²) in [5.41, 5.74) is 4.77. The molecule has 26 heavy (non-hydrogen) atoms. The predicted molar refractivity (Wildman–Crippen MR) is 102 cm³/mol. The highest BCUT2D eigenvalue weighted by molar-refractivity contribution is 5.33. The first-order valence-corrected chi connectivity index (χ1v) is 8.62. The fourth-order valence-corrected chi connectivity index (χ4v) is 3.32. The first-order valence-electron chi connectivity index (χ1n) is 8.62. The first-order chi connectivity index (χ1) is 12.6. The van der Waals surface area contributed by atoms with E-state index >= 15 is 0 Å². The Labute approximate surface area is 154 Å². The maximum atomic E-state index is 5.50. The Balaban J connectivity index is 1.85. The minimum Gasteiger partial charge on any atom is -0.496 e. The van der Waals surface area contributed by atoms with E-state index in [9.17, 15) is 0 Å². The molecule has 0 unspecified atom stereocenters. The molecule has 0 fully saturated rings. The van der Waals surface area contributed by atoms with Crippen molar-refractivity contribution in [3.05, 3.63) is 78.2 Å². The Morgan fingerprint density at radius 1 is 1.12 bits per heavy atom. The minimum atomic E-state index is 0.798. The Morgan fingerprint density at radius 3 is 2.50 bits per heavy atom. The molecule has 0 atom stereocenters. The standard InChI is InChI=1S/C20H25N5O/c1-5-10-23(12-18-8-6-7-9-20(18)26-4)13-19-11-16(2)25(17(19)3)24-14-21-22-15-24/h5-9,11,14-15H,1,10,12-13H2,2-4H3. The summed E-state index contributed by atoms with van der Waals surface area (Å²) in [5.74, 6) is 0.913.